The summed E-state index contributed by atoms with van der Waals surface area (Å²) in [5, 5.41) is 7.42. The van der Waals surface area contributed by atoms with E-state index >= 15 is 0 Å². The van der Waals surface area contributed by atoms with Crippen LogP contribution in [0, 0.1) is 12.8 Å². The highest BCUT2D eigenvalue weighted by Crippen LogP contribution is 2.47. The van der Waals surface area contributed by atoms with Gasteiger partial charge in [-0.2, -0.15) is 5.10 Å². The number of aryl methyl sites for hydroxylation is 1. The van der Waals surface area contributed by atoms with Crippen molar-refractivity contribution in [3.8, 4) is 0 Å². The molecule has 2 atom stereocenters. The van der Waals surface area contributed by atoms with Crippen LogP contribution in [0.15, 0.2) is 66.9 Å². The van der Waals surface area contributed by atoms with Crippen LogP contribution >= 0.6 is 0 Å². The van der Waals surface area contributed by atoms with Crippen molar-refractivity contribution in [3.05, 3.63) is 83.6 Å². The number of rotatable bonds is 5. The van der Waals surface area contributed by atoms with Gasteiger partial charge in [-0.3, -0.25) is 9.48 Å². The molecule has 126 valence electrons. The van der Waals surface area contributed by atoms with E-state index in [1.54, 1.807) is 0 Å². The van der Waals surface area contributed by atoms with Gasteiger partial charge in [0.25, 0.3) is 0 Å². The highest BCUT2D eigenvalue weighted by atomic mass is 16.2. The Balaban J connectivity index is 1.36. The molecular weight excluding hydrogens is 310 g/mol. The minimum atomic E-state index is 0.0596. The monoisotopic (exact) mass is 331 g/mol. The summed E-state index contributed by atoms with van der Waals surface area (Å²) in [6, 6.07) is 20.4. The van der Waals surface area contributed by atoms with Crippen LogP contribution in [0.3, 0.4) is 0 Å². The average molecular weight is 331 g/mol. The second kappa shape index (κ2) is 6.55. The third-order valence-electron chi connectivity index (χ3n) is 4.67. The lowest BCUT2D eigenvalue weighted by Gasteiger charge is -2.04. The Hall–Kier alpha value is -2.88. The van der Waals surface area contributed by atoms with Gasteiger partial charge in [-0.05, 0) is 30.4 Å². The number of aromatic nitrogens is 2. The van der Waals surface area contributed by atoms with E-state index < -0.39 is 0 Å². The number of nitrogens with one attached hydrogen (secondary N) is 1. The summed E-state index contributed by atoms with van der Waals surface area (Å²) in [7, 11) is 0. The first-order valence-electron chi connectivity index (χ1n) is 8.64. The molecule has 4 heteroatoms. The van der Waals surface area contributed by atoms with Crippen LogP contribution in [-0.4, -0.2) is 15.7 Å². The van der Waals surface area contributed by atoms with Gasteiger partial charge in [-0.15, -0.1) is 0 Å². The summed E-state index contributed by atoms with van der Waals surface area (Å²) in [5.74, 6) is 1.09. The van der Waals surface area contributed by atoms with E-state index in [9.17, 15) is 4.79 Å². The molecule has 1 aliphatic rings. The number of nitrogens with zero attached hydrogens (tertiary/aromatic N) is 2. The lowest BCUT2D eigenvalue weighted by atomic mass is 10.1. The maximum Gasteiger partial charge on any atom is 0.229 e. The molecule has 1 heterocycles. The van der Waals surface area contributed by atoms with Crippen molar-refractivity contribution >= 4 is 11.7 Å². The Bertz CT molecular complexity index is 885. The van der Waals surface area contributed by atoms with Crippen LogP contribution in [0.5, 0.6) is 0 Å². The highest BCUT2D eigenvalue weighted by Gasteiger charge is 2.43. The molecule has 1 amide bonds. The first-order chi connectivity index (χ1) is 12.2. The van der Waals surface area contributed by atoms with E-state index in [0.717, 1.165) is 6.42 Å². The number of carbonyl (C=O) groups excluding carboxylic acids is 1. The fourth-order valence-electron chi connectivity index (χ4n) is 3.29. The molecule has 25 heavy (non-hydrogen) atoms. The van der Waals surface area contributed by atoms with E-state index in [-0.39, 0.29) is 11.8 Å². The zero-order chi connectivity index (χ0) is 17.2. The third-order valence-corrected chi connectivity index (χ3v) is 4.67. The van der Waals surface area contributed by atoms with Crippen LogP contribution in [-0.2, 0) is 11.3 Å². The van der Waals surface area contributed by atoms with E-state index in [2.05, 4.69) is 47.7 Å². The topological polar surface area (TPSA) is 46.9 Å². The quantitative estimate of drug-likeness (QED) is 0.768. The molecule has 1 saturated carbocycles. The van der Waals surface area contributed by atoms with E-state index in [1.807, 2.05) is 41.2 Å². The van der Waals surface area contributed by atoms with Crippen molar-refractivity contribution < 1.29 is 4.79 Å². The lowest BCUT2D eigenvalue weighted by Crippen LogP contribution is -2.15. The van der Waals surface area contributed by atoms with E-state index in [1.165, 1.54) is 16.7 Å². The molecule has 3 aromatic rings. The number of carbonyl (C=O) groups is 1. The first kappa shape index (κ1) is 15.6. The van der Waals surface area contributed by atoms with E-state index in [4.69, 9.17) is 0 Å². The van der Waals surface area contributed by atoms with Gasteiger partial charge >= 0.3 is 0 Å². The van der Waals surface area contributed by atoms with Gasteiger partial charge in [-0.25, -0.2) is 0 Å². The second-order valence-corrected chi connectivity index (χ2v) is 6.74. The molecule has 1 fully saturated rings. The zero-order valence-corrected chi connectivity index (χ0v) is 14.2. The van der Waals surface area contributed by atoms with Gasteiger partial charge in [0.15, 0.2) is 5.82 Å². The summed E-state index contributed by atoms with van der Waals surface area (Å²) >= 11 is 0. The van der Waals surface area contributed by atoms with Crippen molar-refractivity contribution in [1.82, 2.24) is 9.78 Å². The molecule has 0 spiro atoms. The molecule has 4 nitrogen and oxygen atoms in total. The molecule has 4 rings (SSSR count). The first-order valence-corrected chi connectivity index (χ1v) is 8.64. The molecule has 2 unspecified atom stereocenters. The van der Waals surface area contributed by atoms with Crippen molar-refractivity contribution in [2.24, 2.45) is 5.92 Å². The summed E-state index contributed by atoms with van der Waals surface area (Å²) in [6.07, 6.45) is 2.82. The minimum Gasteiger partial charge on any atom is -0.309 e. The maximum absolute atomic E-state index is 12.4. The van der Waals surface area contributed by atoms with Crippen molar-refractivity contribution in [3.63, 3.8) is 0 Å². The van der Waals surface area contributed by atoms with Gasteiger partial charge in [0.1, 0.15) is 0 Å². The van der Waals surface area contributed by atoms with Gasteiger partial charge < -0.3 is 5.32 Å². The fraction of sp³-hybridized carbons (Fsp3) is 0.238. The van der Waals surface area contributed by atoms with Gasteiger partial charge in [0.05, 0.1) is 6.54 Å². The number of anilines is 1. The molecule has 0 radical (unpaired) electrons. The van der Waals surface area contributed by atoms with Crippen LogP contribution in [0.4, 0.5) is 5.82 Å². The predicted octanol–water partition coefficient (Wildman–Crippen LogP) is 3.98. The molecule has 0 bridgehead atoms. The number of hydrogen-bond donors (Lipinski definition) is 1. The SMILES string of the molecule is Cc1cccc(Cn2ccc(NC(=O)C3CC3c3ccccc3)n2)c1. The number of hydrogen-bond acceptors (Lipinski definition) is 2. The Kier molecular flexibility index (Phi) is 4.10. The summed E-state index contributed by atoms with van der Waals surface area (Å²) in [4.78, 5) is 12.4. The highest BCUT2D eigenvalue weighted by molar-refractivity contribution is 5.94. The standard InChI is InChI=1S/C21H21N3O/c1-15-6-5-7-16(12-15)14-24-11-10-20(23-24)22-21(25)19-13-18(19)17-8-3-2-4-9-17/h2-12,18-19H,13-14H2,1H3,(H,22,23,25). The predicted molar refractivity (Wildman–Crippen MR) is 98.4 cm³/mol. The Morgan fingerprint density at radius 2 is 2.00 bits per heavy atom. The van der Waals surface area contributed by atoms with Crippen LogP contribution in [0.2, 0.25) is 0 Å². The lowest BCUT2D eigenvalue weighted by molar-refractivity contribution is -0.117. The summed E-state index contributed by atoms with van der Waals surface area (Å²) < 4.78 is 1.85. The van der Waals surface area contributed by atoms with Crippen molar-refractivity contribution in [2.75, 3.05) is 5.32 Å². The minimum absolute atomic E-state index is 0.0596. The van der Waals surface area contributed by atoms with Crippen molar-refractivity contribution in [1.29, 1.82) is 0 Å². The molecule has 0 aliphatic heterocycles. The number of amides is 1. The van der Waals surface area contributed by atoms with Crippen LogP contribution in [0.25, 0.3) is 0 Å². The fourth-order valence-corrected chi connectivity index (χ4v) is 3.29. The smallest absolute Gasteiger partial charge is 0.229 e. The second-order valence-electron chi connectivity index (χ2n) is 6.74. The largest absolute Gasteiger partial charge is 0.309 e. The third kappa shape index (κ3) is 3.63. The molecule has 1 N–H and O–H groups in total. The average Bonchev–Trinajstić information content (AvgIpc) is 3.31. The van der Waals surface area contributed by atoms with Gasteiger partial charge in [-0.1, -0.05) is 60.2 Å². The normalized spacial score (nSPS) is 18.8. The summed E-state index contributed by atoms with van der Waals surface area (Å²) in [5.41, 5.74) is 3.68. The van der Waals surface area contributed by atoms with E-state index in [0.29, 0.717) is 18.3 Å². The zero-order valence-electron chi connectivity index (χ0n) is 14.2. The molecule has 0 saturated heterocycles. The van der Waals surface area contributed by atoms with Crippen molar-refractivity contribution in [2.45, 2.75) is 25.8 Å². The van der Waals surface area contributed by atoms with Gasteiger partial charge in [0, 0.05) is 18.2 Å². The summed E-state index contributed by atoms with van der Waals surface area (Å²) in [6.45, 7) is 2.78. The molecule has 1 aromatic heterocycles. The Morgan fingerprint density at radius 3 is 2.80 bits per heavy atom. The number of benzene rings is 2. The molecule has 2 aromatic carbocycles. The molecule has 1 aliphatic carbocycles. The van der Waals surface area contributed by atoms with Gasteiger partial charge in [0.2, 0.25) is 5.91 Å². The maximum atomic E-state index is 12.4. The van der Waals surface area contributed by atoms with Crippen LogP contribution in [0.1, 0.15) is 29.0 Å². The Morgan fingerprint density at radius 1 is 1.16 bits per heavy atom. The Labute approximate surface area is 147 Å². The molecular formula is C21H21N3O. The van der Waals surface area contributed by atoms with Crippen LogP contribution < -0.4 is 5.32 Å².